The van der Waals surface area contributed by atoms with Crippen molar-refractivity contribution < 1.29 is 14.3 Å². The van der Waals surface area contributed by atoms with Gasteiger partial charge in [0.2, 0.25) is 5.91 Å². The normalized spacial score (nSPS) is 16.1. The van der Waals surface area contributed by atoms with Crippen LogP contribution >= 0.6 is 0 Å². The third-order valence-corrected chi connectivity index (χ3v) is 4.43. The first-order chi connectivity index (χ1) is 12.0. The number of allylic oxidation sites excluding steroid dienone is 2. The van der Waals surface area contributed by atoms with Crippen molar-refractivity contribution in [3.05, 3.63) is 41.5 Å². The van der Waals surface area contributed by atoms with Crippen LogP contribution in [0.25, 0.3) is 0 Å². The number of para-hydroxylation sites is 1. The number of nitriles is 1. The zero-order chi connectivity index (χ0) is 18.2. The number of amides is 1. The fraction of sp³-hybridized carbons (Fsp3) is 0.450. The summed E-state index contributed by atoms with van der Waals surface area (Å²) in [6, 6.07) is 9.50. The number of ketones is 1. The van der Waals surface area contributed by atoms with Gasteiger partial charge in [0.05, 0.1) is 13.2 Å². The molecule has 1 amide bonds. The van der Waals surface area contributed by atoms with E-state index in [4.69, 9.17) is 4.74 Å². The van der Waals surface area contributed by atoms with E-state index in [2.05, 4.69) is 5.32 Å². The van der Waals surface area contributed by atoms with Gasteiger partial charge < -0.3 is 10.1 Å². The van der Waals surface area contributed by atoms with E-state index in [-0.39, 0.29) is 6.04 Å². The molecule has 1 saturated carbocycles. The molecule has 0 radical (unpaired) electrons. The first kappa shape index (κ1) is 18.7. The standard InChI is InChI=1S/C20H24N2O3/c1-14(11-15-7-3-6-10-19(15)25-2)12-18(23)17(13-21)20(24)22-16-8-4-5-9-16/h3,6-7,10,12,16-17H,4-5,8-9,11H2,1-2H3,(H,22,24)/b14-12+. The van der Waals surface area contributed by atoms with Crippen molar-refractivity contribution in [3.63, 3.8) is 0 Å². The number of nitrogens with zero attached hydrogens (tertiary/aromatic N) is 1. The van der Waals surface area contributed by atoms with E-state index in [0.29, 0.717) is 6.42 Å². The summed E-state index contributed by atoms with van der Waals surface area (Å²) >= 11 is 0. The highest BCUT2D eigenvalue weighted by atomic mass is 16.5. The van der Waals surface area contributed by atoms with Gasteiger partial charge >= 0.3 is 0 Å². The maximum absolute atomic E-state index is 12.4. The zero-order valence-electron chi connectivity index (χ0n) is 14.7. The molecule has 1 aromatic carbocycles. The number of hydrogen-bond acceptors (Lipinski definition) is 4. The van der Waals surface area contributed by atoms with Gasteiger partial charge in [0.15, 0.2) is 11.7 Å². The number of ether oxygens (including phenoxy) is 1. The number of carbonyl (C=O) groups excluding carboxylic acids is 2. The van der Waals surface area contributed by atoms with Crippen molar-refractivity contribution in [2.75, 3.05) is 7.11 Å². The Kier molecular flexibility index (Phi) is 6.76. The van der Waals surface area contributed by atoms with Crippen molar-refractivity contribution >= 4 is 11.7 Å². The topological polar surface area (TPSA) is 79.2 Å². The molecule has 0 spiro atoms. The van der Waals surface area contributed by atoms with Crippen LogP contribution in [0, 0.1) is 17.2 Å². The highest BCUT2D eigenvalue weighted by molar-refractivity contribution is 6.09. The molecule has 2 rings (SSSR count). The SMILES string of the molecule is COc1ccccc1C/C(C)=C/C(=O)C(C#N)C(=O)NC1CCCC1. The first-order valence-corrected chi connectivity index (χ1v) is 8.58. The minimum absolute atomic E-state index is 0.0924. The van der Waals surface area contributed by atoms with Crippen LogP contribution in [0.1, 0.15) is 38.2 Å². The predicted molar refractivity (Wildman–Crippen MR) is 95.0 cm³/mol. The van der Waals surface area contributed by atoms with Gasteiger partial charge in [-0.3, -0.25) is 9.59 Å². The first-order valence-electron chi connectivity index (χ1n) is 8.58. The molecular weight excluding hydrogens is 316 g/mol. The minimum atomic E-state index is -1.28. The molecule has 1 N–H and O–H groups in total. The Bertz CT molecular complexity index is 697. The van der Waals surface area contributed by atoms with Crippen molar-refractivity contribution in [1.29, 1.82) is 5.26 Å². The molecule has 25 heavy (non-hydrogen) atoms. The Balaban J connectivity index is 2.02. The quantitative estimate of drug-likeness (QED) is 0.611. The minimum Gasteiger partial charge on any atom is -0.496 e. The second-order valence-electron chi connectivity index (χ2n) is 6.43. The molecule has 132 valence electrons. The Morgan fingerprint density at radius 3 is 2.68 bits per heavy atom. The summed E-state index contributed by atoms with van der Waals surface area (Å²) < 4.78 is 5.30. The summed E-state index contributed by atoms with van der Waals surface area (Å²) in [4.78, 5) is 24.6. The summed E-state index contributed by atoms with van der Waals surface area (Å²) in [7, 11) is 1.60. The van der Waals surface area contributed by atoms with Crippen LogP contribution in [0.5, 0.6) is 5.75 Å². The molecule has 0 aromatic heterocycles. The number of carbonyl (C=O) groups is 2. The Labute approximate surface area is 148 Å². The molecule has 5 heteroatoms. The third kappa shape index (κ3) is 5.18. The van der Waals surface area contributed by atoms with Gasteiger partial charge in [-0.1, -0.05) is 36.6 Å². The number of rotatable bonds is 7. The van der Waals surface area contributed by atoms with E-state index in [1.165, 1.54) is 6.08 Å². The Morgan fingerprint density at radius 1 is 1.36 bits per heavy atom. The summed E-state index contributed by atoms with van der Waals surface area (Å²) in [5.74, 6) is -1.49. The fourth-order valence-corrected chi connectivity index (χ4v) is 3.13. The van der Waals surface area contributed by atoms with Gasteiger partial charge in [-0.25, -0.2) is 0 Å². The van der Waals surface area contributed by atoms with Crippen LogP contribution in [0.2, 0.25) is 0 Å². The van der Waals surface area contributed by atoms with E-state index in [9.17, 15) is 14.9 Å². The van der Waals surface area contributed by atoms with Gasteiger partial charge in [-0.05, 0) is 43.9 Å². The maximum Gasteiger partial charge on any atom is 0.245 e. The van der Waals surface area contributed by atoms with Crippen molar-refractivity contribution in [1.82, 2.24) is 5.32 Å². The zero-order valence-corrected chi connectivity index (χ0v) is 14.7. The molecule has 0 bridgehead atoms. The number of methoxy groups -OCH3 is 1. The van der Waals surface area contributed by atoms with E-state index in [1.54, 1.807) is 7.11 Å². The van der Waals surface area contributed by atoms with E-state index >= 15 is 0 Å². The van der Waals surface area contributed by atoms with E-state index in [1.807, 2.05) is 37.3 Å². The summed E-state index contributed by atoms with van der Waals surface area (Å²) in [5, 5.41) is 12.1. The average molecular weight is 340 g/mol. The molecule has 1 aromatic rings. The average Bonchev–Trinajstić information content (AvgIpc) is 3.08. The molecule has 1 atom stereocenters. The molecule has 1 fully saturated rings. The number of nitrogens with one attached hydrogen (secondary N) is 1. The predicted octanol–water partition coefficient (Wildman–Crippen LogP) is 2.95. The Morgan fingerprint density at radius 2 is 2.04 bits per heavy atom. The van der Waals surface area contributed by atoms with Crippen molar-refractivity contribution in [2.45, 2.75) is 45.1 Å². The molecule has 0 heterocycles. The molecule has 1 aliphatic rings. The van der Waals surface area contributed by atoms with Gasteiger partial charge in [-0.2, -0.15) is 5.26 Å². The maximum atomic E-state index is 12.4. The summed E-state index contributed by atoms with van der Waals surface area (Å²) in [6.07, 6.45) is 5.91. The van der Waals surface area contributed by atoms with Crippen LogP contribution in [-0.4, -0.2) is 24.8 Å². The highest BCUT2D eigenvalue weighted by Gasteiger charge is 2.27. The van der Waals surface area contributed by atoms with Crippen LogP contribution in [0.3, 0.4) is 0 Å². The van der Waals surface area contributed by atoms with Crippen molar-refractivity contribution in [2.24, 2.45) is 5.92 Å². The van der Waals surface area contributed by atoms with Gasteiger partial charge in [0.1, 0.15) is 5.75 Å². The third-order valence-electron chi connectivity index (χ3n) is 4.43. The number of hydrogen-bond donors (Lipinski definition) is 1. The van der Waals surface area contributed by atoms with Crippen LogP contribution < -0.4 is 10.1 Å². The van der Waals surface area contributed by atoms with Crippen LogP contribution in [0.4, 0.5) is 0 Å². The largest absolute Gasteiger partial charge is 0.496 e. The molecule has 1 aliphatic carbocycles. The van der Waals surface area contributed by atoms with Crippen molar-refractivity contribution in [3.8, 4) is 11.8 Å². The van der Waals surface area contributed by atoms with Gasteiger partial charge in [0.25, 0.3) is 0 Å². The summed E-state index contributed by atoms with van der Waals surface area (Å²) in [6.45, 7) is 1.81. The molecule has 5 nitrogen and oxygen atoms in total. The Hall–Kier alpha value is -2.61. The van der Waals surface area contributed by atoms with Crippen LogP contribution in [-0.2, 0) is 16.0 Å². The smallest absolute Gasteiger partial charge is 0.245 e. The van der Waals surface area contributed by atoms with Crippen LogP contribution in [0.15, 0.2) is 35.9 Å². The fourth-order valence-electron chi connectivity index (χ4n) is 3.13. The lowest BCUT2D eigenvalue weighted by Crippen LogP contribution is -2.39. The molecule has 0 saturated heterocycles. The lowest BCUT2D eigenvalue weighted by Gasteiger charge is -2.14. The monoisotopic (exact) mass is 340 g/mol. The van der Waals surface area contributed by atoms with E-state index < -0.39 is 17.6 Å². The van der Waals surface area contributed by atoms with Gasteiger partial charge in [-0.15, -0.1) is 0 Å². The lowest BCUT2D eigenvalue weighted by molar-refractivity contribution is -0.129. The van der Waals surface area contributed by atoms with E-state index in [0.717, 1.165) is 42.6 Å². The number of benzene rings is 1. The highest BCUT2D eigenvalue weighted by Crippen LogP contribution is 2.21. The lowest BCUT2D eigenvalue weighted by atomic mass is 9.99. The molecule has 0 aliphatic heterocycles. The second kappa shape index (κ2) is 9.03. The second-order valence-corrected chi connectivity index (χ2v) is 6.43. The summed E-state index contributed by atoms with van der Waals surface area (Å²) in [5.41, 5.74) is 1.74. The molecule has 1 unspecified atom stereocenters. The van der Waals surface area contributed by atoms with Gasteiger partial charge in [0, 0.05) is 6.04 Å². The molecular formula is C20H24N2O3.